The highest BCUT2D eigenvalue weighted by molar-refractivity contribution is 5.65. The Bertz CT molecular complexity index is 720. The van der Waals surface area contributed by atoms with Crippen LogP contribution in [0.15, 0.2) is 24.3 Å². The Morgan fingerprint density at radius 3 is 2.40 bits per heavy atom. The molecule has 1 aliphatic carbocycles. The van der Waals surface area contributed by atoms with E-state index in [0.717, 1.165) is 17.2 Å². The summed E-state index contributed by atoms with van der Waals surface area (Å²) in [5, 5.41) is 16.4. The van der Waals surface area contributed by atoms with Crippen molar-refractivity contribution in [1.82, 2.24) is 9.97 Å². The minimum atomic E-state index is -0.0532. The second-order valence-electron chi connectivity index (χ2n) is 7.35. The van der Waals surface area contributed by atoms with E-state index in [-0.39, 0.29) is 12.6 Å². The summed E-state index contributed by atoms with van der Waals surface area (Å²) in [6.07, 6.45) is 2.37. The first-order valence-electron chi connectivity index (χ1n) is 9.07. The minimum absolute atomic E-state index is 0.0532. The average Bonchev–Trinajstić information content (AvgIpc) is 3.41. The fourth-order valence-corrected chi connectivity index (χ4v) is 2.91. The van der Waals surface area contributed by atoms with Crippen LogP contribution in [0.25, 0.3) is 0 Å². The van der Waals surface area contributed by atoms with Crippen LogP contribution in [0.2, 0.25) is 0 Å². The van der Waals surface area contributed by atoms with Gasteiger partial charge in [0.1, 0.15) is 5.82 Å². The third kappa shape index (κ3) is 4.28. The normalized spacial score (nSPS) is 15.3. The van der Waals surface area contributed by atoms with Crippen molar-refractivity contribution in [3.05, 3.63) is 41.1 Å². The lowest BCUT2D eigenvalue weighted by molar-refractivity contribution is 0.248. The molecule has 0 saturated heterocycles. The van der Waals surface area contributed by atoms with E-state index in [0.29, 0.717) is 17.8 Å². The van der Waals surface area contributed by atoms with Crippen LogP contribution in [0.5, 0.6) is 0 Å². The largest absolute Gasteiger partial charge is 0.394 e. The summed E-state index contributed by atoms with van der Waals surface area (Å²) in [5.74, 6) is 2.23. The van der Waals surface area contributed by atoms with E-state index in [4.69, 9.17) is 0 Å². The third-order valence-electron chi connectivity index (χ3n) is 4.79. The predicted octanol–water partition coefficient (Wildman–Crippen LogP) is 4.14. The SMILES string of the molecule is Cc1cccc(C)c1Nc1cc(C2CC2)nc(N[C@H](CO)C(C)C)n1. The Kier molecular flexibility index (Phi) is 5.23. The summed E-state index contributed by atoms with van der Waals surface area (Å²) in [5.41, 5.74) is 4.55. The maximum atomic E-state index is 9.59. The zero-order valence-electron chi connectivity index (χ0n) is 15.5. The van der Waals surface area contributed by atoms with Crippen LogP contribution in [-0.2, 0) is 0 Å². The number of hydrogen-bond donors (Lipinski definition) is 3. The molecule has 1 aromatic carbocycles. The highest BCUT2D eigenvalue weighted by Gasteiger charge is 2.27. The highest BCUT2D eigenvalue weighted by Crippen LogP contribution is 2.40. The number of nitrogens with zero attached hydrogens (tertiary/aromatic N) is 2. The molecule has 1 saturated carbocycles. The molecule has 1 atom stereocenters. The van der Waals surface area contributed by atoms with Crippen LogP contribution < -0.4 is 10.6 Å². The Hall–Kier alpha value is -2.14. The highest BCUT2D eigenvalue weighted by atomic mass is 16.3. The first kappa shape index (κ1) is 17.7. The second kappa shape index (κ2) is 7.40. The van der Waals surface area contributed by atoms with Crippen LogP contribution in [0.1, 0.15) is 49.4 Å². The van der Waals surface area contributed by atoms with Crippen molar-refractivity contribution >= 4 is 17.5 Å². The number of anilines is 3. The molecule has 3 N–H and O–H groups in total. The van der Waals surface area contributed by atoms with Crippen molar-refractivity contribution in [1.29, 1.82) is 0 Å². The number of para-hydroxylation sites is 1. The number of aliphatic hydroxyl groups excluding tert-OH is 1. The van der Waals surface area contributed by atoms with E-state index in [1.54, 1.807) is 0 Å². The van der Waals surface area contributed by atoms with Gasteiger partial charge in [0.2, 0.25) is 5.95 Å². The average molecular weight is 340 g/mol. The van der Waals surface area contributed by atoms with Crippen molar-refractivity contribution in [2.75, 3.05) is 17.2 Å². The van der Waals surface area contributed by atoms with Crippen molar-refractivity contribution < 1.29 is 5.11 Å². The summed E-state index contributed by atoms with van der Waals surface area (Å²) in [7, 11) is 0. The van der Waals surface area contributed by atoms with Gasteiger partial charge in [0.25, 0.3) is 0 Å². The molecule has 0 amide bonds. The number of nitrogens with one attached hydrogen (secondary N) is 2. The molecule has 0 unspecified atom stereocenters. The van der Waals surface area contributed by atoms with Crippen molar-refractivity contribution in [2.45, 2.75) is 52.5 Å². The third-order valence-corrected chi connectivity index (χ3v) is 4.79. The molecule has 1 aliphatic rings. The van der Waals surface area contributed by atoms with Gasteiger partial charge in [-0.1, -0.05) is 32.0 Å². The molecule has 25 heavy (non-hydrogen) atoms. The van der Waals surface area contributed by atoms with Crippen LogP contribution in [-0.4, -0.2) is 27.7 Å². The van der Waals surface area contributed by atoms with Gasteiger partial charge >= 0.3 is 0 Å². The number of benzene rings is 1. The fourth-order valence-electron chi connectivity index (χ4n) is 2.91. The van der Waals surface area contributed by atoms with Gasteiger partial charge in [0.15, 0.2) is 0 Å². The smallest absolute Gasteiger partial charge is 0.225 e. The lowest BCUT2D eigenvalue weighted by atomic mass is 10.1. The van der Waals surface area contributed by atoms with Crippen LogP contribution in [0.3, 0.4) is 0 Å². The summed E-state index contributed by atoms with van der Waals surface area (Å²) in [6.45, 7) is 8.41. The topological polar surface area (TPSA) is 70.1 Å². The van der Waals surface area contributed by atoms with E-state index < -0.39 is 0 Å². The van der Waals surface area contributed by atoms with Crippen molar-refractivity contribution in [3.8, 4) is 0 Å². The van der Waals surface area contributed by atoms with Crippen molar-refractivity contribution in [3.63, 3.8) is 0 Å². The Labute approximate surface area is 149 Å². The molecular formula is C20H28N4O. The van der Waals surface area contributed by atoms with Crippen molar-refractivity contribution in [2.24, 2.45) is 5.92 Å². The van der Waals surface area contributed by atoms with E-state index in [1.165, 1.54) is 24.0 Å². The maximum absolute atomic E-state index is 9.59. The molecule has 0 aliphatic heterocycles. The van der Waals surface area contributed by atoms with Gasteiger partial charge < -0.3 is 15.7 Å². The van der Waals surface area contributed by atoms with Gasteiger partial charge in [-0.15, -0.1) is 0 Å². The van der Waals surface area contributed by atoms with Gasteiger partial charge in [-0.2, -0.15) is 4.98 Å². The van der Waals surface area contributed by atoms with E-state index in [2.05, 4.69) is 72.6 Å². The molecule has 2 aromatic rings. The van der Waals surface area contributed by atoms with Gasteiger partial charge in [0.05, 0.1) is 18.3 Å². The number of hydrogen-bond acceptors (Lipinski definition) is 5. The quantitative estimate of drug-likeness (QED) is 0.706. The number of aromatic nitrogens is 2. The number of aliphatic hydroxyl groups is 1. The molecule has 3 rings (SSSR count). The zero-order chi connectivity index (χ0) is 18.0. The molecule has 0 bridgehead atoms. The molecular weight excluding hydrogens is 312 g/mol. The molecule has 0 radical (unpaired) electrons. The Morgan fingerprint density at radius 2 is 1.84 bits per heavy atom. The summed E-state index contributed by atoms with van der Waals surface area (Å²) < 4.78 is 0. The zero-order valence-corrected chi connectivity index (χ0v) is 15.5. The van der Waals surface area contributed by atoms with Gasteiger partial charge in [-0.3, -0.25) is 0 Å². The lowest BCUT2D eigenvalue weighted by Crippen LogP contribution is -2.30. The van der Waals surface area contributed by atoms with Crippen LogP contribution >= 0.6 is 0 Å². The monoisotopic (exact) mass is 340 g/mol. The standard InChI is InChI=1S/C20H28N4O/c1-12(2)17(11-25)22-20-21-16(15-8-9-15)10-18(24-20)23-19-13(3)6-5-7-14(19)4/h5-7,10,12,15,17,25H,8-9,11H2,1-4H3,(H2,21,22,23,24)/t17-/m1/s1. The molecule has 5 nitrogen and oxygen atoms in total. The minimum Gasteiger partial charge on any atom is -0.394 e. The van der Waals surface area contributed by atoms with Gasteiger partial charge in [-0.25, -0.2) is 4.98 Å². The molecule has 5 heteroatoms. The van der Waals surface area contributed by atoms with E-state index >= 15 is 0 Å². The predicted molar refractivity (Wildman–Crippen MR) is 103 cm³/mol. The first-order valence-corrected chi connectivity index (χ1v) is 9.07. The first-order chi connectivity index (χ1) is 12.0. The maximum Gasteiger partial charge on any atom is 0.225 e. The van der Waals surface area contributed by atoms with Gasteiger partial charge in [-0.05, 0) is 43.7 Å². The summed E-state index contributed by atoms with van der Waals surface area (Å²) in [6, 6.07) is 8.25. The molecule has 134 valence electrons. The second-order valence-corrected chi connectivity index (χ2v) is 7.35. The summed E-state index contributed by atoms with van der Waals surface area (Å²) >= 11 is 0. The Morgan fingerprint density at radius 1 is 1.16 bits per heavy atom. The van der Waals surface area contributed by atoms with Crippen LogP contribution in [0, 0.1) is 19.8 Å². The molecule has 1 aromatic heterocycles. The number of aryl methyl sites for hydroxylation is 2. The van der Waals surface area contributed by atoms with E-state index in [9.17, 15) is 5.11 Å². The number of rotatable bonds is 7. The summed E-state index contributed by atoms with van der Waals surface area (Å²) in [4.78, 5) is 9.33. The lowest BCUT2D eigenvalue weighted by Gasteiger charge is -2.21. The van der Waals surface area contributed by atoms with Gasteiger partial charge in [0, 0.05) is 17.7 Å². The molecule has 1 heterocycles. The fraction of sp³-hybridized carbons (Fsp3) is 0.500. The van der Waals surface area contributed by atoms with E-state index in [1.807, 2.05) is 0 Å². The molecule has 0 spiro atoms. The Balaban J connectivity index is 1.90. The molecule has 1 fully saturated rings. The van der Waals surface area contributed by atoms with Crippen LogP contribution in [0.4, 0.5) is 17.5 Å².